The van der Waals surface area contributed by atoms with Crippen molar-refractivity contribution < 1.29 is 29.4 Å². The number of nitrogens with zero attached hydrogens (tertiary/aromatic N) is 1. The summed E-state index contributed by atoms with van der Waals surface area (Å²) in [6.07, 6.45) is 8.45. The number of H-pyrrole nitrogens is 2. The van der Waals surface area contributed by atoms with Gasteiger partial charge in [0.15, 0.2) is 0 Å². The summed E-state index contributed by atoms with van der Waals surface area (Å²) in [5.74, 6) is -2.44. The summed E-state index contributed by atoms with van der Waals surface area (Å²) in [5.41, 5.74) is 8.40. The first-order valence-corrected chi connectivity index (χ1v) is 14.4. The number of carboxylic acids is 2. The molecule has 0 spiro atoms. The van der Waals surface area contributed by atoms with E-state index in [-0.39, 0.29) is 43.4 Å². The molecule has 2 aromatic rings. The predicted molar refractivity (Wildman–Crippen MR) is 165 cm³/mol. The van der Waals surface area contributed by atoms with Crippen LogP contribution in [0.15, 0.2) is 33.5 Å². The van der Waals surface area contributed by atoms with Crippen LogP contribution in [0.1, 0.15) is 80.6 Å². The van der Waals surface area contributed by atoms with Gasteiger partial charge >= 0.3 is 11.9 Å². The molecule has 2 aliphatic heterocycles. The van der Waals surface area contributed by atoms with E-state index in [1.165, 1.54) is 0 Å². The zero-order valence-corrected chi connectivity index (χ0v) is 25.4. The number of amides is 2. The summed E-state index contributed by atoms with van der Waals surface area (Å²) in [5, 5.41) is 23.2. The maximum absolute atomic E-state index is 12.3. The summed E-state index contributed by atoms with van der Waals surface area (Å²) in [4.78, 5) is 58.8. The SMILES string of the molecule is CC=C1/C(=C\c2[nH]c(/C=c3/[nH]c(=CC4=NC(=O)C(CC)=C4C)c(C)c3CCC(=O)O)c(CCC(=O)O)c2C)NC(=O)[C@@H]1C. The number of aromatic amines is 2. The molecule has 2 aromatic heterocycles. The molecule has 1 atom stereocenters. The molecule has 43 heavy (non-hydrogen) atoms. The van der Waals surface area contributed by atoms with Gasteiger partial charge in [-0.2, -0.15) is 0 Å². The van der Waals surface area contributed by atoms with E-state index in [2.05, 4.69) is 20.3 Å². The fraction of sp³-hybridized carbons (Fsp3) is 0.364. The number of aliphatic carboxylic acids is 2. The van der Waals surface area contributed by atoms with Crippen LogP contribution in [0.4, 0.5) is 0 Å². The molecule has 0 aromatic carbocycles. The van der Waals surface area contributed by atoms with Gasteiger partial charge in [-0.05, 0) is 106 Å². The number of aromatic nitrogens is 2. The Bertz CT molecular complexity index is 1780. The monoisotopic (exact) mass is 586 g/mol. The first-order chi connectivity index (χ1) is 20.4. The third-order valence-corrected chi connectivity index (χ3v) is 8.35. The van der Waals surface area contributed by atoms with Crippen LogP contribution >= 0.6 is 0 Å². The van der Waals surface area contributed by atoms with Gasteiger partial charge in [-0.15, -0.1) is 0 Å². The molecule has 226 valence electrons. The number of carbonyl (C=O) groups is 4. The maximum atomic E-state index is 12.3. The molecule has 0 radical (unpaired) electrons. The lowest BCUT2D eigenvalue weighted by molar-refractivity contribution is -0.138. The molecule has 2 aliphatic rings. The van der Waals surface area contributed by atoms with Crippen LogP contribution in [0, 0.1) is 19.8 Å². The van der Waals surface area contributed by atoms with Crippen molar-refractivity contribution in [1.29, 1.82) is 0 Å². The minimum absolute atomic E-state index is 0.0721. The average molecular weight is 587 g/mol. The fourth-order valence-corrected chi connectivity index (χ4v) is 5.77. The Labute approximate surface area is 249 Å². The van der Waals surface area contributed by atoms with Crippen LogP contribution in [-0.2, 0) is 32.0 Å². The number of rotatable bonds is 10. The second-order valence-electron chi connectivity index (χ2n) is 11.0. The number of carboxylic acid groups (broad SMARTS) is 2. The van der Waals surface area contributed by atoms with Gasteiger partial charge in [-0.3, -0.25) is 19.2 Å². The summed E-state index contributed by atoms with van der Waals surface area (Å²) in [7, 11) is 0. The van der Waals surface area contributed by atoms with Gasteiger partial charge in [0.05, 0.1) is 11.6 Å². The van der Waals surface area contributed by atoms with Crippen molar-refractivity contribution in [2.45, 2.75) is 73.6 Å². The topological polar surface area (TPSA) is 165 Å². The smallest absolute Gasteiger partial charge is 0.303 e. The summed E-state index contributed by atoms with van der Waals surface area (Å²) in [6, 6.07) is 0. The molecule has 0 bridgehead atoms. The molecule has 0 unspecified atom stereocenters. The van der Waals surface area contributed by atoms with Crippen molar-refractivity contribution in [2.24, 2.45) is 10.9 Å². The summed E-state index contributed by atoms with van der Waals surface area (Å²) in [6.45, 7) is 11.3. The van der Waals surface area contributed by atoms with Gasteiger partial charge in [0.25, 0.3) is 5.91 Å². The molecular formula is C33H38N4O6. The van der Waals surface area contributed by atoms with Gasteiger partial charge < -0.3 is 25.5 Å². The van der Waals surface area contributed by atoms with Crippen molar-refractivity contribution in [3.63, 3.8) is 0 Å². The second kappa shape index (κ2) is 12.6. The van der Waals surface area contributed by atoms with Crippen molar-refractivity contribution in [1.82, 2.24) is 15.3 Å². The van der Waals surface area contributed by atoms with Gasteiger partial charge in [0.1, 0.15) is 0 Å². The average Bonchev–Trinajstić information content (AvgIpc) is 3.59. The molecule has 0 saturated carbocycles. The van der Waals surface area contributed by atoms with E-state index >= 15 is 0 Å². The largest absolute Gasteiger partial charge is 0.481 e. The number of hydrogen-bond acceptors (Lipinski definition) is 4. The highest BCUT2D eigenvalue weighted by atomic mass is 16.4. The Morgan fingerprint density at radius 3 is 2.12 bits per heavy atom. The molecule has 0 aliphatic carbocycles. The predicted octanol–water partition coefficient (Wildman–Crippen LogP) is 3.36. The Balaban J connectivity index is 1.91. The highest BCUT2D eigenvalue weighted by Gasteiger charge is 2.29. The number of carbonyl (C=O) groups excluding carboxylic acids is 2. The zero-order chi connectivity index (χ0) is 31.6. The maximum Gasteiger partial charge on any atom is 0.303 e. The summed E-state index contributed by atoms with van der Waals surface area (Å²) >= 11 is 0. The van der Waals surface area contributed by atoms with Crippen molar-refractivity contribution >= 4 is 47.7 Å². The quantitative estimate of drug-likeness (QED) is 0.286. The van der Waals surface area contributed by atoms with Crippen LogP contribution in [0.25, 0.3) is 18.2 Å². The molecule has 4 rings (SSSR count). The molecule has 2 amide bonds. The van der Waals surface area contributed by atoms with Crippen LogP contribution in [0.5, 0.6) is 0 Å². The third kappa shape index (κ3) is 6.38. The van der Waals surface area contributed by atoms with Crippen LogP contribution in [0.3, 0.4) is 0 Å². The molecule has 10 nitrogen and oxygen atoms in total. The van der Waals surface area contributed by atoms with E-state index in [0.29, 0.717) is 39.8 Å². The highest BCUT2D eigenvalue weighted by molar-refractivity contribution is 6.30. The Kier molecular flexibility index (Phi) is 9.18. The molecule has 5 N–H and O–H groups in total. The minimum atomic E-state index is -0.923. The third-order valence-electron chi connectivity index (χ3n) is 8.35. The standard InChI is InChI=1S/C33H38N4O6/c1-7-20-19(6)32(42)37-27(20)14-25-18(5)23(10-12-31(40)41)29(35-25)15-28-22(9-11-30(38)39)17(4)24(34-28)13-26-16(3)21(8-2)33(43)36-26/h7,13-15,19,34-35H,8-12H2,1-6H3,(H,37,42)(H,38,39)(H,40,41)/b20-7?,24-13?,27-14+,28-15+/t19-/m1/s1. The van der Waals surface area contributed by atoms with Crippen molar-refractivity contribution in [3.05, 3.63) is 72.8 Å². The van der Waals surface area contributed by atoms with Gasteiger partial charge in [0.2, 0.25) is 5.91 Å². The van der Waals surface area contributed by atoms with E-state index in [0.717, 1.165) is 39.1 Å². The van der Waals surface area contributed by atoms with Gasteiger partial charge in [0, 0.05) is 46.2 Å². The van der Waals surface area contributed by atoms with E-state index < -0.39 is 11.9 Å². The zero-order valence-electron chi connectivity index (χ0n) is 25.4. The first-order valence-electron chi connectivity index (χ1n) is 14.4. The molecule has 10 heteroatoms. The van der Waals surface area contributed by atoms with E-state index in [4.69, 9.17) is 0 Å². The number of hydrogen-bond donors (Lipinski definition) is 5. The normalized spacial score (nSPS) is 19.8. The molecule has 1 fully saturated rings. The number of aliphatic imine (C=N–C) groups is 1. The fourth-order valence-electron chi connectivity index (χ4n) is 5.77. The first kappa shape index (κ1) is 31.2. The highest BCUT2D eigenvalue weighted by Crippen LogP contribution is 2.29. The molecular weight excluding hydrogens is 548 g/mol. The van der Waals surface area contributed by atoms with E-state index in [1.807, 2.05) is 65.8 Å². The number of nitrogens with one attached hydrogen (secondary N) is 3. The van der Waals surface area contributed by atoms with Gasteiger partial charge in [-0.25, -0.2) is 4.99 Å². The lowest BCUT2D eigenvalue weighted by Gasteiger charge is -2.03. The second-order valence-corrected chi connectivity index (χ2v) is 11.0. The van der Waals surface area contributed by atoms with E-state index in [1.54, 1.807) is 0 Å². The van der Waals surface area contributed by atoms with Crippen LogP contribution < -0.4 is 16.0 Å². The Morgan fingerprint density at radius 2 is 1.53 bits per heavy atom. The lowest BCUT2D eigenvalue weighted by atomic mass is 10.00. The van der Waals surface area contributed by atoms with Gasteiger partial charge in [-0.1, -0.05) is 13.0 Å². The van der Waals surface area contributed by atoms with Crippen molar-refractivity contribution in [2.75, 3.05) is 0 Å². The Hall–Kier alpha value is -4.73. The number of allylic oxidation sites excluding steroid dienone is 3. The minimum Gasteiger partial charge on any atom is -0.481 e. The van der Waals surface area contributed by atoms with Crippen molar-refractivity contribution in [3.8, 4) is 0 Å². The molecule has 1 saturated heterocycles. The lowest BCUT2D eigenvalue weighted by Crippen LogP contribution is -2.16. The van der Waals surface area contributed by atoms with E-state index in [9.17, 15) is 29.4 Å². The Morgan fingerprint density at radius 1 is 0.884 bits per heavy atom. The van der Waals surface area contributed by atoms with Crippen LogP contribution in [0.2, 0.25) is 0 Å². The van der Waals surface area contributed by atoms with Crippen LogP contribution in [-0.4, -0.2) is 49.6 Å². The molecule has 4 heterocycles. The summed E-state index contributed by atoms with van der Waals surface area (Å²) < 4.78 is 0.